The van der Waals surface area contributed by atoms with Crippen molar-refractivity contribution in [2.45, 2.75) is 0 Å². The summed E-state index contributed by atoms with van der Waals surface area (Å²) in [5, 5.41) is 7.09. The van der Waals surface area contributed by atoms with Crippen LogP contribution in [0.4, 0.5) is 0 Å². The standard InChI is InChI=1S/C47H28N2OS/c1-2-12-29(13-3-1)30-14-10-15-31(26-30)39-27-32(28-40(48-39)37-20-11-19-36-34-17-6-9-23-44(34)51-47(36)37)49-41-21-7-4-18-38(41)45-42(49)25-24-35-33-16-5-8-22-43(33)50-46(35)45/h1-28H. The third-order valence-corrected chi connectivity index (χ3v) is 11.4. The van der Waals surface area contributed by atoms with E-state index in [1.165, 1.54) is 25.7 Å². The molecule has 0 spiro atoms. The Labute approximate surface area is 297 Å². The van der Waals surface area contributed by atoms with Gasteiger partial charge in [0, 0.05) is 47.5 Å². The maximum Gasteiger partial charge on any atom is 0.145 e. The van der Waals surface area contributed by atoms with Gasteiger partial charge in [-0.2, -0.15) is 0 Å². The SMILES string of the molecule is c1ccc(-c2cccc(-c3cc(-n4c5ccccc5c5c6oc7ccccc7c6ccc54)cc(-c4cccc5c4sc4ccccc45)n3)c2)cc1. The first-order valence-corrected chi connectivity index (χ1v) is 18.0. The zero-order valence-electron chi connectivity index (χ0n) is 27.4. The summed E-state index contributed by atoms with van der Waals surface area (Å²) in [7, 11) is 0. The topological polar surface area (TPSA) is 31.0 Å². The van der Waals surface area contributed by atoms with Crippen LogP contribution < -0.4 is 0 Å². The highest BCUT2D eigenvalue weighted by molar-refractivity contribution is 7.26. The molecular weight excluding hydrogens is 641 g/mol. The molecule has 238 valence electrons. The number of aromatic nitrogens is 2. The highest BCUT2D eigenvalue weighted by atomic mass is 32.1. The molecule has 0 amide bonds. The van der Waals surface area contributed by atoms with Crippen molar-refractivity contribution in [3.8, 4) is 39.3 Å². The van der Waals surface area contributed by atoms with Gasteiger partial charge in [-0.25, -0.2) is 4.98 Å². The van der Waals surface area contributed by atoms with Crippen molar-refractivity contribution < 1.29 is 4.42 Å². The monoisotopic (exact) mass is 668 g/mol. The van der Waals surface area contributed by atoms with E-state index in [2.05, 4.69) is 168 Å². The van der Waals surface area contributed by atoms with Crippen LogP contribution in [0.25, 0.3) is 103 Å². The Morgan fingerprint density at radius 2 is 1.18 bits per heavy atom. The number of rotatable bonds is 4. The van der Waals surface area contributed by atoms with Crippen molar-refractivity contribution in [1.29, 1.82) is 0 Å². The minimum atomic E-state index is 0.903. The van der Waals surface area contributed by atoms with E-state index in [4.69, 9.17) is 9.40 Å². The van der Waals surface area contributed by atoms with Crippen LogP contribution in [0.5, 0.6) is 0 Å². The highest BCUT2D eigenvalue weighted by Gasteiger charge is 2.21. The molecule has 4 heterocycles. The van der Waals surface area contributed by atoms with Crippen LogP contribution in [0, 0.1) is 0 Å². The number of hydrogen-bond donors (Lipinski definition) is 0. The molecule has 11 rings (SSSR count). The van der Waals surface area contributed by atoms with Crippen LogP contribution in [-0.4, -0.2) is 9.55 Å². The molecule has 0 aliphatic heterocycles. The van der Waals surface area contributed by atoms with Gasteiger partial charge in [0.25, 0.3) is 0 Å². The predicted octanol–water partition coefficient (Wildman–Crippen LogP) is 13.4. The maximum atomic E-state index is 6.62. The van der Waals surface area contributed by atoms with Crippen molar-refractivity contribution in [3.63, 3.8) is 0 Å². The molecule has 4 aromatic heterocycles. The zero-order chi connectivity index (χ0) is 33.5. The van der Waals surface area contributed by atoms with E-state index in [1.54, 1.807) is 0 Å². The normalized spacial score (nSPS) is 11.9. The smallest absolute Gasteiger partial charge is 0.145 e. The second-order valence-electron chi connectivity index (χ2n) is 13.1. The van der Waals surface area contributed by atoms with Crippen molar-refractivity contribution in [3.05, 3.63) is 170 Å². The van der Waals surface area contributed by atoms with Gasteiger partial charge in [-0.15, -0.1) is 11.3 Å². The Bertz CT molecular complexity index is 3150. The Morgan fingerprint density at radius 1 is 0.471 bits per heavy atom. The Hall–Kier alpha value is -6.49. The molecule has 0 saturated carbocycles. The van der Waals surface area contributed by atoms with Crippen LogP contribution in [0.2, 0.25) is 0 Å². The number of pyridine rings is 1. The number of hydrogen-bond acceptors (Lipinski definition) is 3. The number of para-hydroxylation sites is 2. The fraction of sp³-hybridized carbons (Fsp3) is 0. The Balaban J connectivity index is 1.22. The van der Waals surface area contributed by atoms with Gasteiger partial charge >= 0.3 is 0 Å². The van der Waals surface area contributed by atoms with Gasteiger partial charge in [-0.05, 0) is 59.7 Å². The number of thiophene rings is 1. The summed E-state index contributed by atoms with van der Waals surface area (Å²) in [6, 6.07) is 60.6. The van der Waals surface area contributed by atoms with Gasteiger partial charge in [0.05, 0.1) is 33.5 Å². The maximum absolute atomic E-state index is 6.62. The fourth-order valence-electron chi connectivity index (χ4n) is 7.88. The lowest BCUT2D eigenvalue weighted by atomic mass is 10.0. The average molecular weight is 669 g/mol. The highest BCUT2D eigenvalue weighted by Crippen LogP contribution is 2.43. The quantitative estimate of drug-likeness (QED) is 0.187. The molecule has 0 unspecified atom stereocenters. The summed E-state index contributed by atoms with van der Waals surface area (Å²) in [5.74, 6) is 0. The molecule has 0 bridgehead atoms. The molecule has 3 nitrogen and oxygen atoms in total. The molecule has 7 aromatic carbocycles. The average Bonchev–Trinajstić information content (AvgIpc) is 3.88. The van der Waals surface area contributed by atoms with Gasteiger partial charge in [0.1, 0.15) is 11.2 Å². The van der Waals surface area contributed by atoms with Crippen LogP contribution in [0.3, 0.4) is 0 Å². The predicted molar refractivity (Wildman–Crippen MR) is 215 cm³/mol. The molecule has 0 N–H and O–H groups in total. The molecule has 0 aliphatic carbocycles. The fourth-order valence-corrected chi connectivity index (χ4v) is 9.11. The van der Waals surface area contributed by atoms with Crippen LogP contribution >= 0.6 is 11.3 Å². The third kappa shape index (κ3) is 4.33. The first-order chi connectivity index (χ1) is 25.3. The van der Waals surface area contributed by atoms with Crippen LogP contribution in [0.1, 0.15) is 0 Å². The Kier molecular flexibility index (Phi) is 6.12. The summed E-state index contributed by atoms with van der Waals surface area (Å²) < 4.78 is 11.5. The molecule has 0 atom stereocenters. The van der Waals surface area contributed by atoms with E-state index in [9.17, 15) is 0 Å². The number of fused-ring (bicyclic) bond motifs is 10. The Morgan fingerprint density at radius 3 is 2.10 bits per heavy atom. The van der Waals surface area contributed by atoms with Crippen molar-refractivity contribution in [2.75, 3.05) is 0 Å². The van der Waals surface area contributed by atoms with Gasteiger partial charge in [-0.3, -0.25) is 0 Å². The summed E-state index contributed by atoms with van der Waals surface area (Å²) in [4.78, 5) is 5.45. The van der Waals surface area contributed by atoms with Crippen LogP contribution in [0.15, 0.2) is 174 Å². The lowest BCUT2D eigenvalue weighted by molar-refractivity contribution is 0.673. The van der Waals surface area contributed by atoms with Crippen molar-refractivity contribution in [2.24, 2.45) is 0 Å². The van der Waals surface area contributed by atoms with E-state index >= 15 is 0 Å². The van der Waals surface area contributed by atoms with Gasteiger partial charge in [-0.1, -0.05) is 121 Å². The molecular formula is C47H28N2OS. The second kappa shape index (κ2) is 11.0. The summed E-state index contributed by atoms with van der Waals surface area (Å²) in [5.41, 5.74) is 11.5. The molecule has 0 aliphatic rings. The summed E-state index contributed by atoms with van der Waals surface area (Å²) in [6.45, 7) is 0. The van der Waals surface area contributed by atoms with E-state index in [-0.39, 0.29) is 0 Å². The van der Waals surface area contributed by atoms with E-state index in [1.807, 2.05) is 17.4 Å². The van der Waals surface area contributed by atoms with Gasteiger partial charge < -0.3 is 8.98 Å². The number of nitrogens with zero attached hydrogens (tertiary/aromatic N) is 2. The molecule has 51 heavy (non-hydrogen) atoms. The molecule has 4 heteroatoms. The zero-order valence-corrected chi connectivity index (χ0v) is 28.2. The second-order valence-corrected chi connectivity index (χ2v) is 14.2. The lowest BCUT2D eigenvalue weighted by Gasteiger charge is -2.14. The molecule has 11 aromatic rings. The number of benzene rings is 7. The van der Waals surface area contributed by atoms with E-state index in [0.29, 0.717) is 0 Å². The van der Waals surface area contributed by atoms with Gasteiger partial charge in [0.15, 0.2) is 0 Å². The van der Waals surface area contributed by atoms with Crippen LogP contribution in [-0.2, 0) is 0 Å². The lowest BCUT2D eigenvalue weighted by Crippen LogP contribution is -1.98. The molecule has 0 radical (unpaired) electrons. The minimum absolute atomic E-state index is 0.903. The van der Waals surface area contributed by atoms with E-state index < -0.39 is 0 Å². The molecule has 0 fully saturated rings. The first kappa shape index (κ1) is 28.4. The summed E-state index contributed by atoms with van der Waals surface area (Å²) >= 11 is 1.84. The third-order valence-electron chi connectivity index (χ3n) is 10.2. The van der Waals surface area contributed by atoms with Crippen molar-refractivity contribution in [1.82, 2.24) is 9.55 Å². The van der Waals surface area contributed by atoms with Crippen molar-refractivity contribution >= 4 is 75.3 Å². The van der Waals surface area contributed by atoms with Gasteiger partial charge in [0.2, 0.25) is 0 Å². The largest absolute Gasteiger partial charge is 0.455 e. The van der Waals surface area contributed by atoms with E-state index in [0.717, 1.165) is 77.5 Å². The molecule has 0 saturated heterocycles. The summed E-state index contributed by atoms with van der Waals surface area (Å²) in [6.07, 6.45) is 0. The minimum Gasteiger partial charge on any atom is -0.455 e. The first-order valence-electron chi connectivity index (χ1n) is 17.2. The number of furan rings is 1.